The number of alkyl halides is 3. The van der Waals surface area contributed by atoms with Gasteiger partial charge in [0.25, 0.3) is 5.69 Å². The zero-order valence-electron chi connectivity index (χ0n) is 15.1. The van der Waals surface area contributed by atoms with Gasteiger partial charge in [-0.3, -0.25) is 20.4 Å². The third-order valence-electron chi connectivity index (χ3n) is 4.53. The molecule has 0 aliphatic carbocycles. The molecular weight excluding hydrogens is 462 g/mol. The van der Waals surface area contributed by atoms with Crippen molar-refractivity contribution in [3.63, 3.8) is 0 Å². The number of aromatic nitrogens is 3. The Labute approximate surface area is 182 Å². The number of nitrogens with one attached hydrogen (secondary N) is 1. The quantitative estimate of drug-likeness (QED) is 0.433. The highest BCUT2D eigenvalue weighted by Crippen LogP contribution is 2.48. The van der Waals surface area contributed by atoms with E-state index in [1.807, 2.05) is 0 Å². The van der Waals surface area contributed by atoms with Gasteiger partial charge in [-0.2, -0.15) is 18.3 Å². The molecule has 31 heavy (non-hydrogen) atoms. The maximum absolute atomic E-state index is 14.1. The van der Waals surface area contributed by atoms with Crippen LogP contribution in [0.2, 0.25) is 10.0 Å². The first-order chi connectivity index (χ1) is 14.6. The number of nitrogens with zero attached hydrogens (tertiary/aromatic N) is 4. The van der Waals surface area contributed by atoms with Crippen LogP contribution in [0.3, 0.4) is 0 Å². The van der Waals surface area contributed by atoms with Crippen LogP contribution in [0.1, 0.15) is 11.1 Å². The number of hydrogen-bond donors (Lipinski definition) is 1. The van der Waals surface area contributed by atoms with E-state index in [0.717, 1.165) is 24.3 Å². The van der Waals surface area contributed by atoms with E-state index in [-0.39, 0.29) is 38.2 Å². The molecule has 8 nitrogen and oxygen atoms in total. The van der Waals surface area contributed by atoms with Crippen LogP contribution in [0.5, 0.6) is 0 Å². The van der Waals surface area contributed by atoms with Gasteiger partial charge in [0.15, 0.2) is 0 Å². The lowest BCUT2D eigenvalue weighted by Crippen LogP contribution is -2.42. The van der Waals surface area contributed by atoms with Gasteiger partial charge in [-0.1, -0.05) is 29.3 Å². The Balaban J connectivity index is 1.84. The first-order valence-electron chi connectivity index (χ1n) is 8.45. The van der Waals surface area contributed by atoms with Gasteiger partial charge < -0.3 is 0 Å². The van der Waals surface area contributed by atoms with E-state index in [4.69, 9.17) is 28.0 Å². The van der Waals surface area contributed by atoms with Gasteiger partial charge in [-0.25, -0.2) is 9.67 Å². The van der Waals surface area contributed by atoms with Crippen molar-refractivity contribution in [2.45, 2.75) is 11.8 Å². The number of halogens is 5. The van der Waals surface area contributed by atoms with Crippen LogP contribution >= 0.6 is 23.2 Å². The molecule has 0 saturated carbocycles. The molecule has 2 aromatic carbocycles. The molecule has 0 radical (unpaired) electrons. The molecule has 4 rings (SSSR count). The third kappa shape index (κ3) is 3.71. The molecule has 0 amide bonds. The van der Waals surface area contributed by atoms with E-state index < -0.39 is 16.7 Å². The van der Waals surface area contributed by atoms with Gasteiger partial charge in [-0.15, -0.1) is 0 Å². The van der Waals surface area contributed by atoms with Crippen molar-refractivity contribution >= 4 is 34.6 Å². The minimum absolute atomic E-state index is 0.00982. The second-order valence-corrected chi connectivity index (χ2v) is 7.33. The summed E-state index contributed by atoms with van der Waals surface area (Å²) in [6, 6.07) is 7.29. The highest BCUT2D eigenvalue weighted by molar-refractivity contribution is 6.34. The highest BCUT2D eigenvalue weighted by atomic mass is 35.5. The van der Waals surface area contributed by atoms with Crippen molar-refractivity contribution in [3.8, 4) is 5.69 Å². The van der Waals surface area contributed by atoms with Crippen LogP contribution in [0.15, 0.2) is 55.1 Å². The number of hydrogen-bond acceptors (Lipinski definition) is 6. The predicted molar refractivity (Wildman–Crippen MR) is 104 cm³/mol. The van der Waals surface area contributed by atoms with Gasteiger partial charge in [0, 0.05) is 27.2 Å². The van der Waals surface area contributed by atoms with E-state index in [9.17, 15) is 23.3 Å². The summed E-state index contributed by atoms with van der Waals surface area (Å²) in [4.78, 5) is 19.6. The van der Waals surface area contributed by atoms with Crippen molar-refractivity contribution in [3.05, 3.63) is 86.4 Å². The molecule has 0 fully saturated rings. The number of hydroxylamine groups is 1. The number of nitro groups is 1. The molecule has 0 bridgehead atoms. The van der Waals surface area contributed by atoms with E-state index in [0.29, 0.717) is 0 Å². The summed E-state index contributed by atoms with van der Waals surface area (Å²) < 4.78 is 43.4. The molecule has 1 atom stereocenters. The summed E-state index contributed by atoms with van der Waals surface area (Å²) in [5.41, 5.74) is -1.36. The van der Waals surface area contributed by atoms with Gasteiger partial charge in [0.2, 0.25) is 5.60 Å². The fraction of sp³-hybridized carbons (Fsp3) is 0.111. The van der Waals surface area contributed by atoms with Crippen molar-refractivity contribution in [2.75, 3.05) is 0 Å². The Morgan fingerprint density at radius 1 is 1.16 bits per heavy atom. The summed E-state index contributed by atoms with van der Waals surface area (Å²) >= 11 is 11.8. The topological polar surface area (TPSA) is 95.1 Å². The largest absolute Gasteiger partial charge is 0.428 e. The predicted octanol–water partition coefficient (Wildman–Crippen LogP) is 4.82. The summed E-state index contributed by atoms with van der Waals surface area (Å²) in [7, 11) is 0. The zero-order valence-corrected chi connectivity index (χ0v) is 16.6. The van der Waals surface area contributed by atoms with E-state index in [1.54, 1.807) is 0 Å². The minimum Gasteiger partial charge on any atom is -0.265 e. The molecule has 0 saturated heterocycles. The molecule has 160 valence electrons. The van der Waals surface area contributed by atoms with Crippen LogP contribution in [0, 0.1) is 10.1 Å². The maximum atomic E-state index is 14.1. The maximum Gasteiger partial charge on any atom is 0.428 e. The molecule has 0 spiro atoms. The average Bonchev–Trinajstić information content (AvgIpc) is 3.37. The lowest BCUT2D eigenvalue weighted by Gasteiger charge is -2.28. The first kappa shape index (κ1) is 21.1. The minimum atomic E-state index is -4.90. The summed E-state index contributed by atoms with van der Waals surface area (Å²) in [6.45, 7) is 0. The van der Waals surface area contributed by atoms with Crippen molar-refractivity contribution in [1.29, 1.82) is 0 Å². The lowest BCUT2D eigenvalue weighted by atomic mass is 9.91. The molecule has 1 aliphatic rings. The second-order valence-electron chi connectivity index (χ2n) is 6.45. The Morgan fingerprint density at radius 2 is 1.87 bits per heavy atom. The molecule has 1 aromatic heterocycles. The Kier molecular flexibility index (Phi) is 5.12. The van der Waals surface area contributed by atoms with E-state index in [2.05, 4.69) is 15.6 Å². The number of nitro benzene ring substituents is 1. The van der Waals surface area contributed by atoms with Crippen molar-refractivity contribution in [1.82, 2.24) is 20.2 Å². The zero-order chi connectivity index (χ0) is 22.4. The van der Waals surface area contributed by atoms with Crippen molar-refractivity contribution < 1.29 is 22.9 Å². The molecular formula is C18H10Cl2F3N5O3. The van der Waals surface area contributed by atoms with Gasteiger partial charge in [0.1, 0.15) is 18.3 Å². The first-order valence-corrected chi connectivity index (χ1v) is 9.20. The number of rotatable bonds is 4. The SMILES string of the molecule is O=[N+]([O-])c1cc(C2=CC(c3cc(Cl)cc(Cl)c3)(C(F)(F)F)ON2)ccc1-n1cncn1. The summed E-state index contributed by atoms with van der Waals surface area (Å²) in [6.07, 6.45) is -1.67. The van der Waals surface area contributed by atoms with Crippen LogP contribution in [0.25, 0.3) is 11.4 Å². The van der Waals surface area contributed by atoms with E-state index >= 15 is 0 Å². The molecule has 1 aliphatic heterocycles. The molecule has 13 heteroatoms. The monoisotopic (exact) mass is 471 g/mol. The van der Waals surface area contributed by atoms with Crippen LogP contribution in [0.4, 0.5) is 18.9 Å². The molecule has 1 N–H and O–H groups in total. The molecule has 2 heterocycles. The van der Waals surface area contributed by atoms with E-state index in [1.165, 1.54) is 35.5 Å². The lowest BCUT2D eigenvalue weighted by molar-refractivity contribution is -0.384. The van der Waals surface area contributed by atoms with Gasteiger partial charge in [0.05, 0.1) is 10.6 Å². The van der Waals surface area contributed by atoms with Crippen LogP contribution in [-0.2, 0) is 10.4 Å². The normalized spacial score (nSPS) is 18.5. The standard InChI is InChI=1S/C18H10Cl2F3N5O3/c19-12-4-11(5-13(20)6-12)17(18(21,22)23)7-14(26-31-17)10-1-2-15(16(3-10)28(29)30)27-9-24-8-25-27/h1-9,26H. The Bertz CT molecular complexity index is 1180. The van der Waals surface area contributed by atoms with Gasteiger partial charge >= 0.3 is 6.18 Å². The number of benzene rings is 2. The average molecular weight is 472 g/mol. The Hall–Kier alpha value is -3.15. The smallest absolute Gasteiger partial charge is 0.265 e. The molecule has 3 aromatic rings. The summed E-state index contributed by atoms with van der Waals surface area (Å²) in [5, 5.41) is 15.4. The fourth-order valence-electron chi connectivity index (χ4n) is 3.12. The van der Waals surface area contributed by atoms with Gasteiger partial charge in [-0.05, 0) is 30.3 Å². The summed E-state index contributed by atoms with van der Waals surface area (Å²) in [5.74, 6) is 0. The second kappa shape index (κ2) is 7.52. The highest BCUT2D eigenvalue weighted by Gasteiger charge is 2.59. The Morgan fingerprint density at radius 3 is 2.45 bits per heavy atom. The van der Waals surface area contributed by atoms with Crippen LogP contribution in [-0.4, -0.2) is 25.9 Å². The molecule has 1 unspecified atom stereocenters. The third-order valence-corrected chi connectivity index (χ3v) is 4.97. The van der Waals surface area contributed by atoms with Crippen molar-refractivity contribution in [2.24, 2.45) is 0 Å². The fourth-order valence-corrected chi connectivity index (χ4v) is 3.64. The van der Waals surface area contributed by atoms with Crippen LogP contribution < -0.4 is 5.48 Å².